The number of aliphatic carboxylic acids is 1. The lowest BCUT2D eigenvalue weighted by Gasteiger charge is -2.29. The summed E-state index contributed by atoms with van der Waals surface area (Å²) in [5.41, 5.74) is 0. The Hall–Kier alpha value is -0.650. The van der Waals surface area contributed by atoms with Crippen LogP contribution in [0.25, 0.3) is 0 Å². The van der Waals surface area contributed by atoms with Crippen molar-refractivity contribution in [1.29, 1.82) is 0 Å². The second-order valence-corrected chi connectivity index (χ2v) is 4.21. The average Bonchev–Trinajstić information content (AvgIpc) is 2.68. The van der Waals surface area contributed by atoms with E-state index in [4.69, 9.17) is 9.84 Å². The summed E-state index contributed by atoms with van der Waals surface area (Å²) in [6.45, 7) is 5.00. The number of carboxylic acid groups (broad SMARTS) is 1. The summed E-state index contributed by atoms with van der Waals surface area (Å²) < 4.78 is 5.46. The monoisotopic (exact) mass is 214 g/mol. The minimum Gasteiger partial charge on any atom is -0.479 e. The minimum absolute atomic E-state index is 0.115. The largest absolute Gasteiger partial charge is 0.479 e. The third kappa shape index (κ3) is 2.90. The summed E-state index contributed by atoms with van der Waals surface area (Å²) in [7, 11) is 0. The van der Waals surface area contributed by atoms with Gasteiger partial charge in [0.1, 0.15) is 0 Å². The first-order chi connectivity index (χ1) is 7.25. The van der Waals surface area contributed by atoms with Crippen LogP contribution >= 0.6 is 0 Å². The molecule has 2 atom stereocenters. The van der Waals surface area contributed by atoms with E-state index < -0.39 is 12.1 Å². The number of hydrogen-bond donors (Lipinski definition) is 2. The first-order valence-corrected chi connectivity index (χ1v) is 5.57. The quantitative estimate of drug-likeness (QED) is 0.664. The van der Waals surface area contributed by atoms with E-state index in [1.165, 1.54) is 0 Å². The standard InChI is InChI=1S/C10H18N2O3/c13-10(14)9-2-1-8(15-9)7-12-5-3-11-4-6-12/h8-9,11H,1-7H2,(H,13,14). The van der Waals surface area contributed by atoms with E-state index in [0.29, 0.717) is 6.42 Å². The lowest BCUT2D eigenvalue weighted by molar-refractivity contribution is -0.149. The number of piperazine rings is 1. The maximum Gasteiger partial charge on any atom is 0.332 e. The molecule has 2 fully saturated rings. The normalized spacial score (nSPS) is 33.1. The van der Waals surface area contributed by atoms with E-state index in [-0.39, 0.29) is 6.10 Å². The lowest BCUT2D eigenvalue weighted by Crippen LogP contribution is -2.46. The van der Waals surface area contributed by atoms with E-state index in [2.05, 4.69) is 10.2 Å². The van der Waals surface area contributed by atoms with Crippen molar-refractivity contribution >= 4 is 5.97 Å². The van der Waals surface area contributed by atoms with Crippen molar-refractivity contribution in [3.05, 3.63) is 0 Å². The Labute approximate surface area is 89.4 Å². The number of nitrogens with zero attached hydrogens (tertiary/aromatic N) is 1. The number of hydrogen-bond acceptors (Lipinski definition) is 4. The van der Waals surface area contributed by atoms with Crippen LogP contribution in [0.5, 0.6) is 0 Å². The molecule has 0 spiro atoms. The van der Waals surface area contributed by atoms with Gasteiger partial charge in [0.2, 0.25) is 0 Å². The highest BCUT2D eigenvalue weighted by molar-refractivity contribution is 5.72. The molecule has 2 N–H and O–H groups in total. The van der Waals surface area contributed by atoms with Gasteiger partial charge < -0.3 is 15.2 Å². The molecule has 5 heteroatoms. The molecular formula is C10H18N2O3. The van der Waals surface area contributed by atoms with Gasteiger partial charge in [-0.05, 0) is 12.8 Å². The molecule has 0 saturated carbocycles. The van der Waals surface area contributed by atoms with Crippen LogP contribution in [0.1, 0.15) is 12.8 Å². The van der Waals surface area contributed by atoms with Gasteiger partial charge in [-0.2, -0.15) is 0 Å². The highest BCUT2D eigenvalue weighted by Crippen LogP contribution is 2.20. The fourth-order valence-electron chi connectivity index (χ4n) is 2.20. The summed E-state index contributed by atoms with van der Waals surface area (Å²) in [5, 5.41) is 12.1. The third-order valence-electron chi connectivity index (χ3n) is 3.05. The molecule has 0 aliphatic carbocycles. The van der Waals surface area contributed by atoms with E-state index in [0.717, 1.165) is 39.1 Å². The predicted molar refractivity (Wildman–Crippen MR) is 54.8 cm³/mol. The zero-order valence-electron chi connectivity index (χ0n) is 8.82. The summed E-state index contributed by atoms with van der Waals surface area (Å²) in [6.07, 6.45) is 1.08. The Kier molecular flexibility index (Phi) is 3.56. The Morgan fingerprint density at radius 2 is 2.13 bits per heavy atom. The molecule has 0 aromatic heterocycles. The number of nitrogens with one attached hydrogen (secondary N) is 1. The highest BCUT2D eigenvalue weighted by Gasteiger charge is 2.31. The van der Waals surface area contributed by atoms with Crippen molar-refractivity contribution < 1.29 is 14.6 Å². The molecule has 86 valence electrons. The zero-order chi connectivity index (χ0) is 10.7. The van der Waals surface area contributed by atoms with Crippen LogP contribution in [0.15, 0.2) is 0 Å². The second-order valence-electron chi connectivity index (χ2n) is 4.21. The molecule has 2 saturated heterocycles. The summed E-state index contributed by atoms with van der Waals surface area (Å²) in [4.78, 5) is 13.0. The molecule has 0 aromatic rings. The van der Waals surface area contributed by atoms with Crippen LogP contribution < -0.4 is 5.32 Å². The van der Waals surface area contributed by atoms with E-state index in [9.17, 15) is 4.79 Å². The predicted octanol–water partition coefficient (Wildman–Crippen LogP) is -0.476. The van der Waals surface area contributed by atoms with Crippen molar-refractivity contribution in [2.24, 2.45) is 0 Å². The SMILES string of the molecule is O=C(O)C1CCC(CN2CCNCC2)O1. The van der Waals surface area contributed by atoms with E-state index in [1.54, 1.807) is 0 Å². The Morgan fingerprint density at radius 3 is 2.73 bits per heavy atom. The molecule has 2 aliphatic heterocycles. The summed E-state index contributed by atoms with van der Waals surface area (Å²) in [5.74, 6) is -0.821. The number of ether oxygens (including phenoxy) is 1. The van der Waals surface area contributed by atoms with Crippen LogP contribution in [0.2, 0.25) is 0 Å². The van der Waals surface area contributed by atoms with Crippen molar-refractivity contribution in [2.45, 2.75) is 25.0 Å². The molecular weight excluding hydrogens is 196 g/mol. The number of carboxylic acids is 1. The maximum absolute atomic E-state index is 10.7. The second kappa shape index (κ2) is 4.92. The molecule has 2 unspecified atom stereocenters. The van der Waals surface area contributed by atoms with Gasteiger partial charge in [0.15, 0.2) is 6.10 Å². The molecule has 2 rings (SSSR count). The molecule has 2 heterocycles. The van der Waals surface area contributed by atoms with Gasteiger partial charge >= 0.3 is 5.97 Å². The van der Waals surface area contributed by atoms with Crippen LogP contribution in [0, 0.1) is 0 Å². The first kappa shape index (κ1) is 10.9. The van der Waals surface area contributed by atoms with Crippen molar-refractivity contribution in [3.8, 4) is 0 Å². The zero-order valence-corrected chi connectivity index (χ0v) is 8.82. The van der Waals surface area contributed by atoms with E-state index in [1.807, 2.05) is 0 Å². The van der Waals surface area contributed by atoms with Crippen LogP contribution in [-0.4, -0.2) is 60.9 Å². The fourth-order valence-corrected chi connectivity index (χ4v) is 2.20. The van der Waals surface area contributed by atoms with Gasteiger partial charge in [0.05, 0.1) is 6.10 Å². The van der Waals surface area contributed by atoms with Crippen molar-refractivity contribution in [2.75, 3.05) is 32.7 Å². The van der Waals surface area contributed by atoms with Gasteiger partial charge in [-0.25, -0.2) is 4.79 Å². The lowest BCUT2D eigenvalue weighted by atomic mass is 10.2. The fraction of sp³-hybridized carbons (Fsp3) is 0.900. The van der Waals surface area contributed by atoms with Crippen molar-refractivity contribution in [1.82, 2.24) is 10.2 Å². The van der Waals surface area contributed by atoms with Gasteiger partial charge in [-0.15, -0.1) is 0 Å². The Bertz CT molecular complexity index is 229. The Balaban J connectivity index is 1.74. The molecule has 15 heavy (non-hydrogen) atoms. The topological polar surface area (TPSA) is 61.8 Å². The van der Waals surface area contributed by atoms with Gasteiger partial charge in [0.25, 0.3) is 0 Å². The number of rotatable bonds is 3. The first-order valence-electron chi connectivity index (χ1n) is 5.57. The number of carbonyl (C=O) groups is 1. The van der Waals surface area contributed by atoms with Gasteiger partial charge in [-0.3, -0.25) is 4.90 Å². The smallest absolute Gasteiger partial charge is 0.332 e. The van der Waals surface area contributed by atoms with Crippen molar-refractivity contribution in [3.63, 3.8) is 0 Å². The molecule has 0 aromatic carbocycles. The van der Waals surface area contributed by atoms with Crippen LogP contribution in [-0.2, 0) is 9.53 Å². The molecule has 0 bridgehead atoms. The van der Waals surface area contributed by atoms with E-state index >= 15 is 0 Å². The summed E-state index contributed by atoms with van der Waals surface area (Å²) >= 11 is 0. The average molecular weight is 214 g/mol. The third-order valence-corrected chi connectivity index (χ3v) is 3.05. The molecule has 5 nitrogen and oxygen atoms in total. The molecule has 2 aliphatic rings. The van der Waals surface area contributed by atoms with Crippen LogP contribution in [0.4, 0.5) is 0 Å². The maximum atomic E-state index is 10.7. The Morgan fingerprint density at radius 1 is 1.40 bits per heavy atom. The van der Waals surface area contributed by atoms with Gasteiger partial charge in [0, 0.05) is 32.7 Å². The minimum atomic E-state index is -0.821. The highest BCUT2D eigenvalue weighted by atomic mass is 16.5. The molecule has 0 radical (unpaired) electrons. The summed E-state index contributed by atoms with van der Waals surface area (Å²) in [6, 6.07) is 0. The van der Waals surface area contributed by atoms with Crippen LogP contribution in [0.3, 0.4) is 0 Å². The van der Waals surface area contributed by atoms with Gasteiger partial charge in [-0.1, -0.05) is 0 Å². The molecule has 0 amide bonds.